The minimum absolute atomic E-state index is 0.0504. The van der Waals surface area contributed by atoms with Crippen LogP contribution in [0.3, 0.4) is 0 Å². The van der Waals surface area contributed by atoms with Crippen LogP contribution in [0, 0.1) is 11.8 Å². The lowest BCUT2D eigenvalue weighted by Crippen LogP contribution is -2.39. The van der Waals surface area contributed by atoms with Gasteiger partial charge in [0.15, 0.2) is 0 Å². The van der Waals surface area contributed by atoms with E-state index in [0.717, 1.165) is 50.5 Å². The van der Waals surface area contributed by atoms with Gasteiger partial charge in [-0.25, -0.2) is 4.79 Å². The summed E-state index contributed by atoms with van der Waals surface area (Å²) in [4.78, 5) is 22.1. The van der Waals surface area contributed by atoms with Crippen LogP contribution in [0.2, 0.25) is 0 Å². The summed E-state index contributed by atoms with van der Waals surface area (Å²) in [5.41, 5.74) is 0. The number of aliphatic carboxylic acids is 1. The van der Waals surface area contributed by atoms with E-state index >= 15 is 0 Å². The molecule has 4 unspecified atom stereocenters. The summed E-state index contributed by atoms with van der Waals surface area (Å²) < 4.78 is 22.1. The van der Waals surface area contributed by atoms with Crippen molar-refractivity contribution in [3.05, 3.63) is 0 Å². The van der Waals surface area contributed by atoms with Crippen LogP contribution in [0.1, 0.15) is 124 Å². The first-order chi connectivity index (χ1) is 16.9. The van der Waals surface area contributed by atoms with Gasteiger partial charge in [-0.3, -0.25) is 0 Å². The normalized spacial score (nSPS) is 18.7. The second-order valence-corrected chi connectivity index (χ2v) is 12.7. The molecule has 1 aliphatic rings. The van der Waals surface area contributed by atoms with Crippen molar-refractivity contribution in [2.24, 2.45) is 11.8 Å². The average Bonchev–Trinajstić information content (AvgIpc) is 2.85. The Hall–Kier alpha value is -0.200. The van der Waals surface area contributed by atoms with E-state index in [2.05, 4.69) is 13.8 Å². The Bertz CT molecular complexity index is 556. The Balaban J connectivity index is 2.79. The summed E-state index contributed by atoms with van der Waals surface area (Å²) in [5.74, 6) is -0.285. The average molecular weight is 536 g/mol. The molecule has 0 aromatic carbocycles. The Kier molecular flexibility index (Phi) is 18.6. The second-order valence-electron chi connectivity index (χ2n) is 10.1. The number of unbranched alkanes of at least 4 members (excludes halogenated alkanes) is 7. The molecule has 1 saturated carbocycles. The molecule has 0 saturated heterocycles. The first kappa shape index (κ1) is 32.8. The lowest BCUT2D eigenvalue weighted by molar-refractivity contribution is -0.147. The molecule has 35 heavy (non-hydrogen) atoms. The SMILES string of the molecule is CCCCCCCCCCOC(CCC)C(CSC(OCCC)(C(=O)O)[P+](=O)O)C1CCCCC1. The monoisotopic (exact) mass is 535 g/mol. The van der Waals surface area contributed by atoms with E-state index in [1.54, 1.807) is 0 Å². The number of carboxylic acids is 1. The fourth-order valence-corrected chi connectivity index (χ4v) is 7.32. The number of hydrogen-bond acceptors (Lipinski definition) is 5. The first-order valence-electron chi connectivity index (χ1n) is 14.2. The Morgan fingerprint density at radius 1 is 0.943 bits per heavy atom. The van der Waals surface area contributed by atoms with Gasteiger partial charge >= 0.3 is 18.7 Å². The standard InChI is InChI=1S/C27H51O6PS/c1-4-7-8-9-10-11-12-16-21-32-25(17-5-2)24(23-18-14-13-15-19-23)22-35-27(26(28)29,34(30)31)33-20-6-3/h23-25H,4-22H2,1-3H3,(H-,28,29,30,31)/p+1. The molecule has 8 heteroatoms. The molecule has 0 aromatic heterocycles. The van der Waals surface area contributed by atoms with Crippen molar-refractivity contribution in [3.8, 4) is 0 Å². The van der Waals surface area contributed by atoms with Crippen molar-refractivity contribution in [2.75, 3.05) is 19.0 Å². The molecular formula is C27H52O6PS+. The summed E-state index contributed by atoms with van der Waals surface area (Å²) in [5, 5.41) is 9.86. The van der Waals surface area contributed by atoms with Crippen LogP contribution >= 0.6 is 19.8 Å². The summed E-state index contributed by atoms with van der Waals surface area (Å²) >= 11 is 1.00. The van der Waals surface area contributed by atoms with Crippen molar-refractivity contribution in [3.63, 3.8) is 0 Å². The summed E-state index contributed by atoms with van der Waals surface area (Å²) in [7, 11) is -3.05. The molecule has 2 N–H and O–H groups in total. The molecule has 1 fully saturated rings. The maximum atomic E-state index is 12.2. The van der Waals surface area contributed by atoms with Crippen LogP contribution in [0.4, 0.5) is 0 Å². The van der Waals surface area contributed by atoms with Crippen molar-refractivity contribution < 1.29 is 28.8 Å². The van der Waals surface area contributed by atoms with Crippen molar-refractivity contribution in [1.29, 1.82) is 0 Å². The predicted octanol–water partition coefficient (Wildman–Crippen LogP) is 8.14. The van der Waals surface area contributed by atoms with Crippen molar-refractivity contribution in [1.82, 2.24) is 0 Å². The smallest absolute Gasteiger partial charge is 0.475 e. The Labute approximate surface area is 219 Å². The van der Waals surface area contributed by atoms with E-state index in [4.69, 9.17) is 9.47 Å². The van der Waals surface area contributed by atoms with Crippen molar-refractivity contribution in [2.45, 2.75) is 134 Å². The Morgan fingerprint density at radius 2 is 1.57 bits per heavy atom. The van der Waals surface area contributed by atoms with Crippen LogP contribution < -0.4 is 0 Å². The largest absolute Gasteiger partial charge is 0.566 e. The highest BCUT2D eigenvalue weighted by molar-refractivity contribution is 8.06. The van der Waals surface area contributed by atoms with Gasteiger partial charge in [-0.2, -0.15) is 4.89 Å². The molecule has 0 amide bonds. The molecule has 0 heterocycles. The zero-order valence-electron chi connectivity index (χ0n) is 22.5. The van der Waals surface area contributed by atoms with E-state index < -0.39 is 18.7 Å². The highest BCUT2D eigenvalue weighted by Crippen LogP contribution is 2.49. The lowest BCUT2D eigenvalue weighted by atomic mass is 9.77. The second kappa shape index (κ2) is 19.9. The summed E-state index contributed by atoms with van der Waals surface area (Å²) in [6.07, 6.45) is 18.5. The van der Waals surface area contributed by atoms with Gasteiger partial charge in [-0.15, -0.1) is 0 Å². The Morgan fingerprint density at radius 3 is 2.11 bits per heavy atom. The van der Waals surface area contributed by atoms with Gasteiger partial charge in [-0.05, 0) is 35.7 Å². The number of carboxylic acid groups (broad SMARTS) is 1. The number of thioether (sulfide) groups is 1. The van der Waals surface area contributed by atoms with Crippen LogP contribution in [-0.4, -0.2) is 45.7 Å². The van der Waals surface area contributed by atoms with Gasteiger partial charge in [0.1, 0.15) is 0 Å². The fraction of sp³-hybridized carbons (Fsp3) is 0.963. The van der Waals surface area contributed by atoms with Crippen molar-refractivity contribution >= 4 is 25.8 Å². The molecule has 1 rings (SSSR count). The molecule has 0 spiro atoms. The zero-order valence-corrected chi connectivity index (χ0v) is 24.3. The van der Waals surface area contributed by atoms with Gasteiger partial charge < -0.3 is 14.6 Å². The van der Waals surface area contributed by atoms with E-state index in [-0.39, 0.29) is 18.6 Å². The zero-order chi connectivity index (χ0) is 25.9. The molecule has 0 aliphatic heterocycles. The summed E-state index contributed by atoms with van der Waals surface area (Å²) in [6, 6.07) is 0. The van der Waals surface area contributed by atoms with E-state index in [1.165, 1.54) is 64.2 Å². The predicted molar refractivity (Wildman–Crippen MR) is 146 cm³/mol. The highest BCUT2D eigenvalue weighted by atomic mass is 32.2. The van der Waals surface area contributed by atoms with Crippen LogP contribution in [-0.2, 0) is 18.8 Å². The third kappa shape index (κ3) is 12.3. The fourth-order valence-electron chi connectivity index (χ4n) is 5.09. The molecule has 0 radical (unpaired) electrons. The quantitative estimate of drug-likeness (QED) is 0.0821. The van der Waals surface area contributed by atoms with Gasteiger partial charge in [0.05, 0.1) is 12.7 Å². The highest BCUT2D eigenvalue weighted by Gasteiger charge is 2.60. The molecule has 0 aromatic rings. The first-order valence-corrected chi connectivity index (χ1v) is 16.4. The molecule has 206 valence electrons. The van der Waals surface area contributed by atoms with E-state index in [0.29, 0.717) is 18.1 Å². The maximum Gasteiger partial charge on any atom is 0.566 e. The number of carbonyl (C=O) groups is 1. The minimum atomic E-state index is -3.05. The molecule has 0 bridgehead atoms. The van der Waals surface area contributed by atoms with Gasteiger partial charge in [-0.1, -0.05) is 116 Å². The lowest BCUT2D eigenvalue weighted by Gasteiger charge is -2.36. The minimum Gasteiger partial charge on any atom is -0.475 e. The summed E-state index contributed by atoms with van der Waals surface area (Å²) in [6.45, 7) is 7.14. The van der Waals surface area contributed by atoms with E-state index in [9.17, 15) is 19.4 Å². The molecular weight excluding hydrogens is 483 g/mol. The molecule has 4 atom stereocenters. The van der Waals surface area contributed by atoms with Gasteiger partial charge in [0.2, 0.25) is 0 Å². The van der Waals surface area contributed by atoms with Crippen LogP contribution in [0.15, 0.2) is 0 Å². The number of ether oxygens (including phenoxy) is 2. The van der Waals surface area contributed by atoms with E-state index in [1.807, 2.05) is 6.92 Å². The van der Waals surface area contributed by atoms with Gasteiger partial charge in [0, 0.05) is 12.4 Å². The number of hydrogen-bond donors (Lipinski definition) is 2. The van der Waals surface area contributed by atoms with Crippen LogP contribution in [0.5, 0.6) is 0 Å². The molecule has 1 aliphatic carbocycles. The maximum absolute atomic E-state index is 12.2. The molecule has 6 nitrogen and oxygen atoms in total. The topological polar surface area (TPSA) is 93.1 Å². The number of rotatable bonds is 22. The van der Waals surface area contributed by atoms with Gasteiger partial charge in [0.25, 0.3) is 0 Å². The van der Waals surface area contributed by atoms with Crippen LogP contribution in [0.25, 0.3) is 0 Å². The third-order valence-corrected chi connectivity index (χ3v) is 10.0. The third-order valence-electron chi connectivity index (χ3n) is 7.13.